The minimum Gasteiger partial charge on any atom is -0.358 e. The van der Waals surface area contributed by atoms with Crippen LogP contribution in [0.3, 0.4) is 0 Å². The molecule has 2 aromatic rings. The summed E-state index contributed by atoms with van der Waals surface area (Å²) < 4.78 is 8.34. The highest BCUT2D eigenvalue weighted by Crippen LogP contribution is 2.35. The number of hydrogen-bond donors (Lipinski definition) is 0. The molecule has 2 unspecified atom stereocenters. The summed E-state index contributed by atoms with van der Waals surface area (Å²) in [6, 6.07) is 4.41. The summed E-state index contributed by atoms with van der Waals surface area (Å²) in [5.41, 5.74) is 1.97. The number of imidazole rings is 1. The SMILES string of the molecule is CN1CCCCC1c1nc2cccnc2n1C1CCCCO1. The lowest BCUT2D eigenvalue weighted by molar-refractivity contribution is -0.0339. The average Bonchev–Trinajstić information content (AvgIpc) is 2.95. The van der Waals surface area contributed by atoms with Gasteiger partial charge in [-0.3, -0.25) is 9.47 Å². The zero-order chi connectivity index (χ0) is 14.9. The number of fused-ring (bicyclic) bond motifs is 1. The average molecular weight is 300 g/mol. The minimum atomic E-state index is 0.0963. The third-order valence-electron chi connectivity index (χ3n) is 4.99. The number of ether oxygens (including phenoxy) is 1. The normalized spacial score (nSPS) is 27.3. The van der Waals surface area contributed by atoms with Gasteiger partial charge in [-0.15, -0.1) is 0 Å². The second-order valence-corrected chi connectivity index (χ2v) is 6.50. The second kappa shape index (κ2) is 5.97. The number of pyridine rings is 1. The van der Waals surface area contributed by atoms with Gasteiger partial charge in [-0.05, 0) is 57.8 Å². The molecule has 0 spiro atoms. The van der Waals surface area contributed by atoms with Crippen molar-refractivity contribution in [3.05, 3.63) is 24.2 Å². The van der Waals surface area contributed by atoms with E-state index in [0.717, 1.165) is 43.0 Å². The van der Waals surface area contributed by atoms with E-state index in [9.17, 15) is 0 Å². The van der Waals surface area contributed by atoms with Crippen LogP contribution < -0.4 is 0 Å². The number of aromatic nitrogens is 3. The maximum Gasteiger partial charge on any atom is 0.162 e. The summed E-state index contributed by atoms with van der Waals surface area (Å²) in [5.74, 6) is 1.14. The Morgan fingerprint density at radius 3 is 2.91 bits per heavy atom. The van der Waals surface area contributed by atoms with Crippen LogP contribution in [-0.2, 0) is 4.74 Å². The Kier molecular flexibility index (Phi) is 3.84. The molecule has 2 fully saturated rings. The Balaban J connectivity index is 1.81. The van der Waals surface area contributed by atoms with Gasteiger partial charge in [-0.25, -0.2) is 9.97 Å². The predicted molar refractivity (Wildman–Crippen MR) is 85.6 cm³/mol. The van der Waals surface area contributed by atoms with Crippen LogP contribution in [0.2, 0.25) is 0 Å². The molecule has 0 aliphatic carbocycles. The largest absolute Gasteiger partial charge is 0.358 e. The molecule has 2 atom stereocenters. The van der Waals surface area contributed by atoms with E-state index in [-0.39, 0.29) is 6.23 Å². The fraction of sp³-hybridized carbons (Fsp3) is 0.647. The van der Waals surface area contributed by atoms with Crippen molar-refractivity contribution in [3.8, 4) is 0 Å². The van der Waals surface area contributed by atoms with Crippen LogP contribution >= 0.6 is 0 Å². The number of likely N-dealkylation sites (tertiary alicyclic amines) is 1. The summed E-state index contributed by atoms with van der Waals surface area (Å²) >= 11 is 0. The van der Waals surface area contributed by atoms with Gasteiger partial charge in [0.1, 0.15) is 17.6 Å². The first-order valence-electron chi connectivity index (χ1n) is 8.49. The molecule has 5 heteroatoms. The molecule has 22 heavy (non-hydrogen) atoms. The topological polar surface area (TPSA) is 43.2 Å². The molecule has 2 saturated heterocycles. The van der Waals surface area contributed by atoms with Crippen molar-refractivity contribution in [2.75, 3.05) is 20.2 Å². The van der Waals surface area contributed by atoms with E-state index in [1.54, 1.807) is 0 Å². The lowest BCUT2D eigenvalue weighted by Gasteiger charge is -2.34. The van der Waals surface area contributed by atoms with E-state index in [1.807, 2.05) is 12.3 Å². The maximum atomic E-state index is 6.06. The fourth-order valence-electron chi connectivity index (χ4n) is 3.79. The third kappa shape index (κ3) is 2.42. The van der Waals surface area contributed by atoms with Gasteiger partial charge in [0.25, 0.3) is 0 Å². The van der Waals surface area contributed by atoms with Crippen molar-refractivity contribution >= 4 is 11.2 Å². The molecule has 2 aromatic heterocycles. The summed E-state index contributed by atoms with van der Waals surface area (Å²) in [6.45, 7) is 1.99. The zero-order valence-electron chi connectivity index (χ0n) is 13.2. The highest BCUT2D eigenvalue weighted by Gasteiger charge is 2.30. The van der Waals surface area contributed by atoms with Gasteiger partial charge >= 0.3 is 0 Å². The highest BCUT2D eigenvalue weighted by molar-refractivity contribution is 5.71. The lowest BCUT2D eigenvalue weighted by atomic mass is 10.0. The molecular formula is C17H24N4O. The molecule has 2 aliphatic rings. The summed E-state index contributed by atoms with van der Waals surface area (Å²) in [5, 5.41) is 0. The number of hydrogen-bond acceptors (Lipinski definition) is 4. The van der Waals surface area contributed by atoms with Crippen molar-refractivity contribution in [1.82, 2.24) is 19.4 Å². The van der Waals surface area contributed by atoms with Crippen molar-refractivity contribution < 1.29 is 4.74 Å². The van der Waals surface area contributed by atoms with Crippen LogP contribution in [0.4, 0.5) is 0 Å². The monoisotopic (exact) mass is 300 g/mol. The van der Waals surface area contributed by atoms with E-state index in [2.05, 4.69) is 27.6 Å². The van der Waals surface area contributed by atoms with Gasteiger partial charge in [-0.2, -0.15) is 0 Å². The van der Waals surface area contributed by atoms with Gasteiger partial charge in [0, 0.05) is 12.8 Å². The van der Waals surface area contributed by atoms with Crippen LogP contribution in [0, 0.1) is 0 Å². The Hall–Kier alpha value is -1.46. The smallest absolute Gasteiger partial charge is 0.162 e. The van der Waals surface area contributed by atoms with Crippen LogP contribution in [0.1, 0.15) is 56.6 Å². The summed E-state index contributed by atoms with van der Waals surface area (Å²) in [7, 11) is 2.21. The van der Waals surface area contributed by atoms with E-state index < -0.39 is 0 Å². The second-order valence-electron chi connectivity index (χ2n) is 6.50. The molecule has 0 bridgehead atoms. The highest BCUT2D eigenvalue weighted by atomic mass is 16.5. The third-order valence-corrected chi connectivity index (χ3v) is 4.99. The molecule has 0 N–H and O–H groups in total. The maximum absolute atomic E-state index is 6.06. The van der Waals surface area contributed by atoms with Gasteiger partial charge < -0.3 is 4.74 Å². The Morgan fingerprint density at radius 1 is 1.18 bits per heavy atom. The zero-order valence-corrected chi connectivity index (χ0v) is 13.2. The Bertz CT molecular complexity index is 647. The molecule has 0 saturated carbocycles. The molecule has 4 rings (SSSR count). The van der Waals surface area contributed by atoms with Crippen molar-refractivity contribution in [2.24, 2.45) is 0 Å². The standard InChI is InChI=1S/C17H24N4O/c1-20-11-4-2-8-14(20)17-19-13-7-6-10-18-16(13)21(17)15-9-3-5-12-22-15/h6-7,10,14-15H,2-5,8-9,11-12H2,1H3. The summed E-state index contributed by atoms with van der Waals surface area (Å²) in [6.07, 6.45) is 9.13. The Morgan fingerprint density at radius 2 is 2.09 bits per heavy atom. The molecule has 0 aromatic carbocycles. The van der Waals surface area contributed by atoms with Crippen LogP contribution in [0.5, 0.6) is 0 Å². The quantitative estimate of drug-likeness (QED) is 0.853. The number of rotatable bonds is 2. The molecule has 0 amide bonds. The molecule has 0 radical (unpaired) electrons. The van der Waals surface area contributed by atoms with Crippen LogP contribution in [0.15, 0.2) is 18.3 Å². The lowest BCUT2D eigenvalue weighted by Crippen LogP contribution is -2.33. The van der Waals surface area contributed by atoms with Crippen LogP contribution in [-0.4, -0.2) is 39.6 Å². The molecule has 2 aliphatic heterocycles. The van der Waals surface area contributed by atoms with Crippen LogP contribution in [0.25, 0.3) is 11.2 Å². The van der Waals surface area contributed by atoms with Gasteiger partial charge in [0.05, 0.1) is 6.04 Å². The fourth-order valence-corrected chi connectivity index (χ4v) is 3.79. The molecule has 5 nitrogen and oxygen atoms in total. The first kappa shape index (κ1) is 14.2. The first-order chi connectivity index (χ1) is 10.8. The Labute approximate surface area is 131 Å². The van der Waals surface area contributed by atoms with Crippen molar-refractivity contribution in [2.45, 2.75) is 50.8 Å². The van der Waals surface area contributed by atoms with E-state index >= 15 is 0 Å². The van der Waals surface area contributed by atoms with Gasteiger partial charge in [-0.1, -0.05) is 6.42 Å². The summed E-state index contributed by atoms with van der Waals surface area (Å²) in [4.78, 5) is 12.0. The first-order valence-corrected chi connectivity index (χ1v) is 8.49. The van der Waals surface area contributed by atoms with Gasteiger partial charge in [0.2, 0.25) is 0 Å². The van der Waals surface area contributed by atoms with E-state index in [0.29, 0.717) is 6.04 Å². The predicted octanol–water partition coefficient (Wildman–Crippen LogP) is 3.29. The van der Waals surface area contributed by atoms with E-state index in [4.69, 9.17) is 9.72 Å². The van der Waals surface area contributed by atoms with Gasteiger partial charge in [0.15, 0.2) is 5.65 Å². The number of piperidine rings is 1. The minimum absolute atomic E-state index is 0.0963. The molecule has 4 heterocycles. The number of nitrogens with zero attached hydrogens (tertiary/aromatic N) is 4. The molecule has 118 valence electrons. The molecular weight excluding hydrogens is 276 g/mol. The van der Waals surface area contributed by atoms with Crippen molar-refractivity contribution in [1.29, 1.82) is 0 Å². The van der Waals surface area contributed by atoms with Crippen molar-refractivity contribution in [3.63, 3.8) is 0 Å². The van der Waals surface area contributed by atoms with E-state index in [1.165, 1.54) is 25.7 Å².